The topological polar surface area (TPSA) is 82.0 Å². The highest BCUT2D eigenvalue weighted by molar-refractivity contribution is 5.54. The van der Waals surface area contributed by atoms with Crippen molar-refractivity contribution < 1.29 is 0 Å². The van der Waals surface area contributed by atoms with Crippen LogP contribution in [0.5, 0.6) is 0 Å². The summed E-state index contributed by atoms with van der Waals surface area (Å²) >= 11 is 0. The van der Waals surface area contributed by atoms with E-state index in [9.17, 15) is 0 Å². The van der Waals surface area contributed by atoms with E-state index in [4.69, 9.17) is 5.73 Å². The maximum atomic E-state index is 5.54. The molecule has 2 N–H and O–H groups in total. The van der Waals surface area contributed by atoms with Gasteiger partial charge in [0.15, 0.2) is 5.65 Å². The Bertz CT molecular complexity index is 685. The maximum Gasteiger partial charge on any atom is 0.203 e. The van der Waals surface area contributed by atoms with Crippen molar-refractivity contribution in [2.75, 3.05) is 0 Å². The van der Waals surface area contributed by atoms with E-state index in [1.807, 2.05) is 31.2 Å². The van der Waals surface area contributed by atoms with Crippen LogP contribution in [-0.2, 0) is 6.54 Å². The Kier molecular flexibility index (Phi) is 2.49. The minimum absolute atomic E-state index is 0.477. The number of hydrogen-bond donors (Lipinski definition) is 1. The van der Waals surface area contributed by atoms with Crippen LogP contribution in [0, 0.1) is 6.92 Å². The molecule has 3 rings (SSSR count). The van der Waals surface area contributed by atoms with E-state index >= 15 is 0 Å². The second-order valence-corrected chi connectivity index (χ2v) is 4.02. The van der Waals surface area contributed by atoms with Crippen LogP contribution in [0.15, 0.2) is 30.5 Å². The second-order valence-electron chi connectivity index (χ2n) is 4.02. The summed E-state index contributed by atoms with van der Waals surface area (Å²) in [5.41, 5.74) is 8.87. The third-order valence-electron chi connectivity index (χ3n) is 2.69. The number of rotatable bonds is 2. The number of nitrogens with two attached hydrogens (primary N) is 1. The molecule has 6 heteroatoms. The first kappa shape index (κ1) is 10.8. The molecule has 18 heavy (non-hydrogen) atoms. The van der Waals surface area contributed by atoms with Gasteiger partial charge in [-0.1, -0.05) is 6.07 Å². The minimum Gasteiger partial charge on any atom is -0.326 e. The van der Waals surface area contributed by atoms with E-state index in [2.05, 4.69) is 20.3 Å². The van der Waals surface area contributed by atoms with Gasteiger partial charge in [0, 0.05) is 12.7 Å². The van der Waals surface area contributed by atoms with Crippen molar-refractivity contribution >= 4 is 5.65 Å². The summed E-state index contributed by atoms with van der Waals surface area (Å²) in [6.45, 7) is 2.40. The molecule has 0 amide bonds. The van der Waals surface area contributed by atoms with Crippen molar-refractivity contribution in [3.05, 3.63) is 41.7 Å². The molecule has 3 aromatic rings. The van der Waals surface area contributed by atoms with E-state index in [1.54, 1.807) is 10.7 Å². The zero-order valence-corrected chi connectivity index (χ0v) is 9.91. The van der Waals surface area contributed by atoms with Crippen molar-refractivity contribution in [1.29, 1.82) is 0 Å². The third-order valence-corrected chi connectivity index (χ3v) is 2.69. The summed E-state index contributed by atoms with van der Waals surface area (Å²) in [5.74, 6) is 0.636. The molecule has 0 bridgehead atoms. The summed E-state index contributed by atoms with van der Waals surface area (Å²) in [5, 5.41) is 12.6. The van der Waals surface area contributed by atoms with E-state index < -0.39 is 0 Å². The maximum absolute atomic E-state index is 5.54. The monoisotopic (exact) mass is 240 g/mol. The molecule has 6 nitrogen and oxygen atoms in total. The molecule has 0 aromatic carbocycles. The lowest BCUT2D eigenvalue weighted by Crippen LogP contribution is -2.00. The van der Waals surface area contributed by atoms with Crippen molar-refractivity contribution in [1.82, 2.24) is 24.8 Å². The molecule has 0 fully saturated rings. The highest BCUT2D eigenvalue weighted by Crippen LogP contribution is 2.15. The van der Waals surface area contributed by atoms with Gasteiger partial charge in [-0.15, -0.1) is 10.2 Å². The lowest BCUT2D eigenvalue weighted by Gasteiger charge is -2.00. The Morgan fingerprint density at radius 1 is 1.17 bits per heavy atom. The highest BCUT2D eigenvalue weighted by Gasteiger charge is 2.10. The average Bonchev–Trinajstić information content (AvgIpc) is 2.82. The zero-order valence-electron chi connectivity index (χ0n) is 9.91. The zero-order chi connectivity index (χ0) is 12.5. The highest BCUT2D eigenvalue weighted by atomic mass is 15.4. The molecule has 0 spiro atoms. The van der Waals surface area contributed by atoms with Crippen LogP contribution >= 0.6 is 0 Å². The number of fused-ring (bicyclic) bond motifs is 1. The number of nitrogens with zero attached hydrogens (tertiary/aromatic N) is 5. The van der Waals surface area contributed by atoms with Gasteiger partial charge in [0.05, 0.1) is 5.69 Å². The molecule has 3 heterocycles. The van der Waals surface area contributed by atoms with Crippen molar-refractivity contribution in [3.8, 4) is 11.5 Å². The Labute approximate surface area is 103 Å². The van der Waals surface area contributed by atoms with Crippen LogP contribution in [0.2, 0.25) is 0 Å². The predicted octanol–water partition coefficient (Wildman–Crippen LogP) is 0.953. The normalized spacial score (nSPS) is 11.0. The molecule has 0 unspecified atom stereocenters. The van der Waals surface area contributed by atoms with Crippen LogP contribution < -0.4 is 5.73 Å². The number of aromatic nitrogens is 5. The fourth-order valence-corrected chi connectivity index (χ4v) is 1.72. The molecule has 0 saturated carbocycles. The standard InChI is InChI=1S/C12H12N6/c1-8-2-5-11-15-16-12(18(11)17-8)10-4-3-9(6-13)7-14-10/h2-5,7H,6,13H2,1H3. The minimum atomic E-state index is 0.477. The predicted molar refractivity (Wildman–Crippen MR) is 66.6 cm³/mol. The third kappa shape index (κ3) is 1.72. The molecule has 0 aliphatic heterocycles. The van der Waals surface area contributed by atoms with Crippen molar-refractivity contribution in [2.24, 2.45) is 5.73 Å². The van der Waals surface area contributed by atoms with Gasteiger partial charge in [-0.3, -0.25) is 4.98 Å². The first-order valence-electron chi connectivity index (χ1n) is 5.62. The van der Waals surface area contributed by atoms with Gasteiger partial charge in [-0.2, -0.15) is 9.61 Å². The summed E-state index contributed by atoms with van der Waals surface area (Å²) in [6, 6.07) is 7.59. The van der Waals surface area contributed by atoms with Gasteiger partial charge in [0.25, 0.3) is 0 Å². The Balaban J connectivity index is 2.15. The molecule has 0 radical (unpaired) electrons. The largest absolute Gasteiger partial charge is 0.326 e. The van der Waals surface area contributed by atoms with E-state index in [0.29, 0.717) is 18.0 Å². The van der Waals surface area contributed by atoms with Crippen molar-refractivity contribution in [2.45, 2.75) is 13.5 Å². The molecule has 0 aliphatic rings. The van der Waals surface area contributed by atoms with Crippen LogP contribution in [-0.4, -0.2) is 24.8 Å². The summed E-state index contributed by atoms with van der Waals surface area (Å²) in [4.78, 5) is 4.33. The number of aryl methyl sites for hydroxylation is 1. The molecule has 0 saturated heterocycles. The molecular weight excluding hydrogens is 228 g/mol. The summed E-state index contributed by atoms with van der Waals surface area (Å²) in [7, 11) is 0. The number of pyridine rings is 1. The van der Waals surface area contributed by atoms with Gasteiger partial charge >= 0.3 is 0 Å². The van der Waals surface area contributed by atoms with Crippen molar-refractivity contribution in [3.63, 3.8) is 0 Å². The second kappa shape index (κ2) is 4.15. The molecule has 0 aliphatic carbocycles. The SMILES string of the molecule is Cc1ccc2nnc(-c3ccc(CN)cn3)n2n1. The first-order chi connectivity index (χ1) is 8.78. The first-order valence-corrected chi connectivity index (χ1v) is 5.62. The quantitative estimate of drug-likeness (QED) is 0.721. The molecule has 0 atom stereocenters. The van der Waals surface area contributed by atoms with Crippen LogP contribution in [0.3, 0.4) is 0 Å². The fraction of sp³-hybridized carbons (Fsp3) is 0.167. The Hall–Kier alpha value is -2.34. The van der Waals surface area contributed by atoms with E-state index in [-0.39, 0.29) is 0 Å². The molecular formula is C12H12N6. The average molecular weight is 240 g/mol. The fourth-order valence-electron chi connectivity index (χ4n) is 1.72. The lowest BCUT2D eigenvalue weighted by atomic mass is 10.2. The van der Waals surface area contributed by atoms with Gasteiger partial charge in [-0.05, 0) is 30.7 Å². The molecule has 3 aromatic heterocycles. The van der Waals surface area contributed by atoms with Gasteiger partial charge in [-0.25, -0.2) is 0 Å². The van der Waals surface area contributed by atoms with Gasteiger partial charge in [0.1, 0.15) is 5.69 Å². The van der Waals surface area contributed by atoms with Crippen LogP contribution in [0.4, 0.5) is 0 Å². The Morgan fingerprint density at radius 3 is 2.78 bits per heavy atom. The number of hydrogen-bond acceptors (Lipinski definition) is 5. The summed E-state index contributed by atoms with van der Waals surface area (Å²) in [6.07, 6.45) is 1.74. The Morgan fingerprint density at radius 2 is 2.06 bits per heavy atom. The molecule has 90 valence electrons. The van der Waals surface area contributed by atoms with E-state index in [0.717, 1.165) is 17.0 Å². The van der Waals surface area contributed by atoms with Gasteiger partial charge < -0.3 is 5.73 Å². The van der Waals surface area contributed by atoms with Gasteiger partial charge in [0.2, 0.25) is 5.82 Å². The smallest absolute Gasteiger partial charge is 0.203 e. The lowest BCUT2D eigenvalue weighted by molar-refractivity contribution is 0.896. The van der Waals surface area contributed by atoms with Crippen LogP contribution in [0.1, 0.15) is 11.3 Å². The summed E-state index contributed by atoms with van der Waals surface area (Å²) < 4.78 is 1.69. The van der Waals surface area contributed by atoms with Crippen LogP contribution in [0.25, 0.3) is 17.2 Å². The van der Waals surface area contributed by atoms with E-state index in [1.165, 1.54) is 0 Å².